The van der Waals surface area contributed by atoms with Gasteiger partial charge in [-0.15, -0.1) is 0 Å². The van der Waals surface area contributed by atoms with Crippen LogP contribution in [0.1, 0.15) is 18.9 Å². The molecule has 0 radical (unpaired) electrons. The number of hydrogen-bond donors (Lipinski definition) is 8. The molecule has 0 spiro atoms. The lowest BCUT2D eigenvalue weighted by molar-refractivity contribution is -0.327. The fourth-order valence-corrected chi connectivity index (χ4v) is 5.56. The van der Waals surface area contributed by atoms with Gasteiger partial charge in [0.05, 0.1) is 45.2 Å². The van der Waals surface area contributed by atoms with Crippen LogP contribution in [0.5, 0.6) is 5.75 Å². The van der Waals surface area contributed by atoms with Gasteiger partial charge in [-0.2, -0.15) is 0 Å². The van der Waals surface area contributed by atoms with Gasteiger partial charge in [-0.05, 0) is 31.0 Å². The first-order valence-corrected chi connectivity index (χ1v) is 15.2. The first-order valence-electron chi connectivity index (χ1n) is 15.2. The largest absolute Gasteiger partial charge is 0.508 e. The van der Waals surface area contributed by atoms with E-state index >= 15 is 0 Å². The Labute approximate surface area is 275 Å². The van der Waals surface area contributed by atoms with Crippen LogP contribution in [0.3, 0.4) is 0 Å². The minimum Gasteiger partial charge on any atom is -0.508 e. The number of esters is 2. The molecule has 0 saturated carbocycles. The molecule has 17 nitrogen and oxygen atoms in total. The number of phenols is 1. The number of hydrogen-bond acceptors (Lipinski definition) is 17. The van der Waals surface area contributed by atoms with Crippen molar-refractivity contribution in [3.8, 4) is 5.75 Å². The maximum absolute atomic E-state index is 13.4. The standard InChI is InChI=1S/C31H42O17/c1-3-16-17(18(28(41)42-2)13-44-29(16)48-30-26(40)24(38)22(36)19(11-32)45-30)10-21(35)47-27-25(39)23(37)20(12-33)46-31(27)43-9-8-14-4-6-15(34)7-5-14/h3-7,13,17,19-20,22-27,29-34,36-40H,8-12H2,1-2H3. The van der Waals surface area contributed by atoms with Crippen molar-refractivity contribution in [1.29, 1.82) is 0 Å². The van der Waals surface area contributed by atoms with Crippen LogP contribution < -0.4 is 0 Å². The summed E-state index contributed by atoms with van der Waals surface area (Å²) in [4.78, 5) is 26.1. The number of aromatic hydroxyl groups is 1. The normalized spacial score (nSPS) is 36.2. The van der Waals surface area contributed by atoms with Crippen LogP contribution in [0.25, 0.3) is 0 Å². The van der Waals surface area contributed by atoms with Crippen molar-refractivity contribution in [2.45, 2.75) is 87.5 Å². The molecule has 2 fully saturated rings. The maximum Gasteiger partial charge on any atom is 0.337 e. The second-order valence-corrected chi connectivity index (χ2v) is 11.4. The van der Waals surface area contributed by atoms with Crippen molar-refractivity contribution < 1.29 is 83.6 Å². The third-order valence-electron chi connectivity index (χ3n) is 8.30. The van der Waals surface area contributed by atoms with E-state index in [1.54, 1.807) is 19.1 Å². The molecule has 3 heterocycles. The summed E-state index contributed by atoms with van der Waals surface area (Å²) in [6, 6.07) is 6.32. The highest BCUT2D eigenvalue weighted by atomic mass is 16.8. The lowest BCUT2D eigenvalue weighted by atomic mass is 9.86. The molecule has 1 aromatic carbocycles. The minimum atomic E-state index is -1.77. The summed E-state index contributed by atoms with van der Waals surface area (Å²) in [6.07, 6.45) is -14.9. The molecule has 8 N–H and O–H groups in total. The van der Waals surface area contributed by atoms with Gasteiger partial charge < -0.3 is 74.0 Å². The van der Waals surface area contributed by atoms with Crippen molar-refractivity contribution in [3.63, 3.8) is 0 Å². The van der Waals surface area contributed by atoms with E-state index in [0.717, 1.165) is 18.9 Å². The molecule has 0 bridgehead atoms. The number of carbonyl (C=O) groups is 2. The number of aliphatic hydroxyl groups is 7. The molecule has 268 valence electrons. The molecular weight excluding hydrogens is 644 g/mol. The number of allylic oxidation sites excluding steroid dienone is 1. The second kappa shape index (κ2) is 17.0. The maximum atomic E-state index is 13.4. The van der Waals surface area contributed by atoms with E-state index in [9.17, 15) is 50.4 Å². The Morgan fingerprint density at radius 3 is 2.10 bits per heavy atom. The number of aliphatic hydroxyl groups excluding tert-OH is 7. The number of ether oxygens (including phenoxy) is 7. The van der Waals surface area contributed by atoms with E-state index in [1.165, 1.54) is 18.2 Å². The molecule has 0 amide bonds. The molecule has 3 aliphatic rings. The number of methoxy groups -OCH3 is 1. The van der Waals surface area contributed by atoms with E-state index < -0.39 is 105 Å². The summed E-state index contributed by atoms with van der Waals surface area (Å²) in [5.74, 6) is -2.90. The number of benzene rings is 1. The fraction of sp³-hybridized carbons (Fsp3) is 0.613. The number of carbonyl (C=O) groups excluding carboxylic acids is 2. The summed E-state index contributed by atoms with van der Waals surface area (Å²) in [5.41, 5.74) is 0.825. The van der Waals surface area contributed by atoms with Crippen LogP contribution in [-0.2, 0) is 49.2 Å². The summed E-state index contributed by atoms with van der Waals surface area (Å²) in [7, 11) is 1.11. The molecule has 4 rings (SSSR count). The van der Waals surface area contributed by atoms with Crippen molar-refractivity contribution in [1.82, 2.24) is 0 Å². The van der Waals surface area contributed by atoms with Crippen molar-refractivity contribution in [2.75, 3.05) is 26.9 Å². The average molecular weight is 687 g/mol. The van der Waals surface area contributed by atoms with Crippen LogP contribution >= 0.6 is 0 Å². The van der Waals surface area contributed by atoms with Crippen LogP contribution in [0.2, 0.25) is 0 Å². The lowest BCUT2D eigenvalue weighted by Gasteiger charge is -2.42. The van der Waals surface area contributed by atoms with Gasteiger partial charge in [0.1, 0.15) is 48.5 Å². The highest BCUT2D eigenvalue weighted by molar-refractivity contribution is 5.90. The number of phenolic OH excluding ortho intramolecular Hbond substituents is 1. The summed E-state index contributed by atoms with van der Waals surface area (Å²) < 4.78 is 38.5. The second-order valence-electron chi connectivity index (χ2n) is 11.4. The van der Waals surface area contributed by atoms with Gasteiger partial charge >= 0.3 is 11.9 Å². The lowest BCUT2D eigenvalue weighted by Crippen LogP contribution is -2.60. The third kappa shape index (κ3) is 8.50. The van der Waals surface area contributed by atoms with Crippen LogP contribution in [0, 0.1) is 5.92 Å². The molecule has 17 heteroatoms. The van der Waals surface area contributed by atoms with Gasteiger partial charge in [0, 0.05) is 11.5 Å². The molecule has 12 atom stereocenters. The Bertz CT molecular complexity index is 1280. The molecule has 3 aliphatic heterocycles. The smallest absolute Gasteiger partial charge is 0.337 e. The quantitative estimate of drug-likeness (QED) is 0.0834. The predicted octanol–water partition coefficient (Wildman–Crippen LogP) is -2.52. The fourth-order valence-electron chi connectivity index (χ4n) is 5.56. The monoisotopic (exact) mass is 686 g/mol. The predicted molar refractivity (Wildman–Crippen MR) is 157 cm³/mol. The van der Waals surface area contributed by atoms with Gasteiger partial charge in [-0.1, -0.05) is 18.2 Å². The van der Waals surface area contributed by atoms with Crippen LogP contribution in [-0.4, -0.2) is 147 Å². The highest BCUT2D eigenvalue weighted by Crippen LogP contribution is 2.37. The molecule has 0 aromatic heterocycles. The van der Waals surface area contributed by atoms with E-state index in [0.29, 0.717) is 6.42 Å². The van der Waals surface area contributed by atoms with E-state index in [-0.39, 0.29) is 23.5 Å². The van der Waals surface area contributed by atoms with Crippen LogP contribution in [0.15, 0.2) is 47.7 Å². The van der Waals surface area contributed by atoms with Gasteiger partial charge in [0.2, 0.25) is 6.29 Å². The first-order chi connectivity index (χ1) is 22.9. The van der Waals surface area contributed by atoms with Gasteiger partial charge in [0.15, 0.2) is 18.7 Å². The Balaban J connectivity index is 1.50. The van der Waals surface area contributed by atoms with Crippen molar-refractivity contribution >= 4 is 11.9 Å². The van der Waals surface area contributed by atoms with Gasteiger partial charge in [-0.3, -0.25) is 4.79 Å². The Hall–Kier alpha value is -3.20. The molecular formula is C31H42O17. The van der Waals surface area contributed by atoms with E-state index in [2.05, 4.69) is 0 Å². The molecule has 2 saturated heterocycles. The molecule has 0 aliphatic carbocycles. The van der Waals surface area contributed by atoms with E-state index in [4.69, 9.17) is 33.2 Å². The molecule has 48 heavy (non-hydrogen) atoms. The minimum absolute atomic E-state index is 0.000656. The zero-order chi connectivity index (χ0) is 35.1. The molecule has 12 unspecified atom stereocenters. The first kappa shape index (κ1) is 37.6. The SMILES string of the molecule is CC=C1C(OC2OC(CO)C(O)C(O)C2O)OC=C(C(=O)OC)C1CC(=O)OC1C(OCCc2ccc(O)cc2)OC(CO)C(O)C1O. The Morgan fingerprint density at radius 1 is 0.875 bits per heavy atom. The average Bonchev–Trinajstić information content (AvgIpc) is 3.08. The zero-order valence-electron chi connectivity index (χ0n) is 26.2. The third-order valence-corrected chi connectivity index (χ3v) is 8.30. The van der Waals surface area contributed by atoms with E-state index in [1.807, 2.05) is 0 Å². The van der Waals surface area contributed by atoms with Crippen molar-refractivity contribution in [3.05, 3.63) is 53.3 Å². The Morgan fingerprint density at radius 2 is 1.50 bits per heavy atom. The summed E-state index contributed by atoms with van der Waals surface area (Å²) in [6.45, 7) is 0.161. The highest BCUT2D eigenvalue weighted by Gasteiger charge is 2.49. The topological polar surface area (TPSA) is 261 Å². The zero-order valence-corrected chi connectivity index (χ0v) is 26.2. The summed E-state index contributed by atoms with van der Waals surface area (Å²) in [5, 5.41) is 80.8. The Kier molecular flexibility index (Phi) is 13.3. The summed E-state index contributed by atoms with van der Waals surface area (Å²) >= 11 is 0. The van der Waals surface area contributed by atoms with Crippen LogP contribution in [0.4, 0.5) is 0 Å². The molecule has 1 aromatic rings. The number of rotatable bonds is 12. The van der Waals surface area contributed by atoms with Gasteiger partial charge in [0.25, 0.3) is 0 Å². The van der Waals surface area contributed by atoms with Gasteiger partial charge in [-0.25, -0.2) is 4.79 Å². The van der Waals surface area contributed by atoms with Crippen molar-refractivity contribution in [2.24, 2.45) is 5.92 Å².